The number of carbonyl (C=O) groups excluding carboxylic acids is 1. The molecule has 0 radical (unpaired) electrons. The van der Waals surface area contributed by atoms with Gasteiger partial charge in [-0.3, -0.25) is 4.72 Å². The molecule has 1 aliphatic rings. The van der Waals surface area contributed by atoms with E-state index in [2.05, 4.69) is 9.44 Å². The zero-order chi connectivity index (χ0) is 25.2. The molecule has 2 N–H and O–H groups in total. The van der Waals surface area contributed by atoms with E-state index in [1.165, 1.54) is 17.0 Å². The summed E-state index contributed by atoms with van der Waals surface area (Å²) in [7, 11) is -7.71. The summed E-state index contributed by atoms with van der Waals surface area (Å²) in [6, 6.07) is 17.5. The number of hydrogen-bond acceptors (Lipinski definition) is 5. The number of fused-ring (bicyclic) bond motifs is 1. The average Bonchev–Trinajstić information content (AvgIpc) is 3.01. The second kappa shape index (κ2) is 9.71. The van der Waals surface area contributed by atoms with Gasteiger partial charge in [0, 0.05) is 18.8 Å². The zero-order valence-corrected chi connectivity index (χ0v) is 21.1. The van der Waals surface area contributed by atoms with Crippen molar-refractivity contribution in [2.45, 2.75) is 36.5 Å². The third kappa shape index (κ3) is 5.83. The summed E-state index contributed by atoms with van der Waals surface area (Å²) in [6.45, 7) is 4.38. The minimum atomic E-state index is -3.98. The molecule has 0 fully saturated rings. The quantitative estimate of drug-likeness (QED) is 0.541. The second-order valence-corrected chi connectivity index (χ2v) is 12.0. The van der Waals surface area contributed by atoms with Crippen LogP contribution < -0.4 is 9.44 Å². The fourth-order valence-corrected chi connectivity index (χ4v) is 5.90. The number of rotatable bonds is 5. The van der Waals surface area contributed by atoms with E-state index in [0.717, 1.165) is 22.3 Å². The number of carbonyl (C=O) groups is 1. The van der Waals surface area contributed by atoms with Crippen LogP contribution in [0.5, 0.6) is 0 Å². The Labute approximate surface area is 206 Å². The second-order valence-electron chi connectivity index (χ2n) is 8.61. The first-order valence-electron chi connectivity index (χ1n) is 11.1. The standard InChI is InChI=1S/C25H27N3O5S2/c1-18-3-9-23(10-4-18)34(30,31)26-22-8-7-20-13-15-28(16-14-21(20)17-22)25(29)27-35(32,33)24-11-5-19(2)6-12-24/h3-12,17,26H,13-16H2,1-2H3,(H,27,29). The number of benzene rings is 3. The number of sulfonamides is 2. The van der Waals surface area contributed by atoms with Crippen LogP contribution in [0, 0.1) is 13.8 Å². The third-order valence-corrected chi connectivity index (χ3v) is 8.67. The van der Waals surface area contributed by atoms with Crippen molar-refractivity contribution < 1.29 is 21.6 Å². The Morgan fingerprint density at radius 3 is 1.80 bits per heavy atom. The first-order chi connectivity index (χ1) is 16.5. The van der Waals surface area contributed by atoms with Crippen LogP contribution in [0.1, 0.15) is 22.3 Å². The first kappa shape index (κ1) is 24.7. The van der Waals surface area contributed by atoms with Gasteiger partial charge in [0.2, 0.25) is 0 Å². The zero-order valence-electron chi connectivity index (χ0n) is 19.5. The number of aryl methyl sites for hydroxylation is 2. The molecule has 3 aromatic carbocycles. The van der Waals surface area contributed by atoms with E-state index >= 15 is 0 Å². The Balaban J connectivity index is 1.44. The van der Waals surface area contributed by atoms with E-state index in [9.17, 15) is 21.6 Å². The molecular formula is C25H27N3O5S2. The van der Waals surface area contributed by atoms with Gasteiger partial charge in [0.15, 0.2) is 0 Å². The maximum Gasteiger partial charge on any atom is 0.331 e. The number of nitrogens with one attached hydrogen (secondary N) is 2. The molecule has 4 rings (SSSR count). The van der Waals surface area contributed by atoms with E-state index in [-0.39, 0.29) is 9.79 Å². The van der Waals surface area contributed by atoms with Gasteiger partial charge in [-0.25, -0.2) is 26.4 Å². The van der Waals surface area contributed by atoms with Crippen LogP contribution in [-0.2, 0) is 32.9 Å². The molecule has 0 unspecified atom stereocenters. The van der Waals surface area contributed by atoms with E-state index in [4.69, 9.17) is 0 Å². The Bertz CT molecular complexity index is 1450. The van der Waals surface area contributed by atoms with Crippen LogP contribution in [0.25, 0.3) is 0 Å². The van der Waals surface area contributed by atoms with Crippen LogP contribution >= 0.6 is 0 Å². The minimum Gasteiger partial charge on any atom is -0.323 e. The summed E-state index contributed by atoms with van der Waals surface area (Å²) in [5.74, 6) is 0. The minimum absolute atomic E-state index is 0.0278. The topological polar surface area (TPSA) is 113 Å². The predicted molar refractivity (Wildman–Crippen MR) is 134 cm³/mol. The van der Waals surface area contributed by atoms with Gasteiger partial charge in [-0.2, -0.15) is 0 Å². The summed E-state index contributed by atoms with van der Waals surface area (Å²) >= 11 is 0. The Hall–Kier alpha value is -3.37. The summed E-state index contributed by atoms with van der Waals surface area (Å²) in [5, 5.41) is 0. The largest absolute Gasteiger partial charge is 0.331 e. The van der Waals surface area contributed by atoms with Crippen molar-refractivity contribution in [2.24, 2.45) is 0 Å². The predicted octanol–water partition coefficient (Wildman–Crippen LogP) is 3.60. The molecule has 0 aliphatic carbocycles. The van der Waals surface area contributed by atoms with Gasteiger partial charge >= 0.3 is 6.03 Å². The summed E-state index contributed by atoms with van der Waals surface area (Å²) in [4.78, 5) is 14.4. The number of nitrogens with zero attached hydrogens (tertiary/aromatic N) is 1. The fourth-order valence-electron chi connectivity index (χ4n) is 3.88. The van der Waals surface area contributed by atoms with Gasteiger partial charge in [0.05, 0.1) is 9.79 Å². The van der Waals surface area contributed by atoms with Crippen molar-refractivity contribution >= 4 is 31.8 Å². The van der Waals surface area contributed by atoms with Crippen LogP contribution in [-0.4, -0.2) is 40.9 Å². The highest BCUT2D eigenvalue weighted by Crippen LogP contribution is 2.23. The van der Waals surface area contributed by atoms with Gasteiger partial charge in [-0.05, 0) is 74.2 Å². The van der Waals surface area contributed by atoms with E-state index in [1.54, 1.807) is 48.5 Å². The van der Waals surface area contributed by atoms with Gasteiger partial charge in [-0.15, -0.1) is 0 Å². The molecular weight excluding hydrogens is 486 g/mol. The summed E-state index contributed by atoms with van der Waals surface area (Å²) in [5.41, 5.74) is 4.21. The van der Waals surface area contributed by atoms with Crippen molar-refractivity contribution in [1.82, 2.24) is 9.62 Å². The number of hydrogen-bond donors (Lipinski definition) is 2. The highest BCUT2D eigenvalue weighted by Gasteiger charge is 2.24. The lowest BCUT2D eigenvalue weighted by Gasteiger charge is -2.20. The molecule has 2 amide bonds. The van der Waals surface area contributed by atoms with E-state index in [1.807, 2.05) is 19.9 Å². The summed E-state index contributed by atoms with van der Waals surface area (Å²) < 4.78 is 55.4. The van der Waals surface area contributed by atoms with Crippen molar-refractivity contribution in [2.75, 3.05) is 17.8 Å². The fraction of sp³-hybridized carbons (Fsp3) is 0.240. The first-order valence-corrected chi connectivity index (χ1v) is 14.1. The number of urea groups is 1. The lowest BCUT2D eigenvalue weighted by atomic mass is 10.0. The van der Waals surface area contributed by atoms with Crippen LogP contribution in [0.15, 0.2) is 76.5 Å². The van der Waals surface area contributed by atoms with Gasteiger partial charge in [0.1, 0.15) is 0 Å². The van der Waals surface area contributed by atoms with Crippen molar-refractivity contribution in [1.29, 1.82) is 0 Å². The van der Waals surface area contributed by atoms with E-state index in [0.29, 0.717) is 31.6 Å². The normalized spacial score (nSPS) is 14.1. The Morgan fingerprint density at radius 1 is 0.714 bits per heavy atom. The molecule has 10 heteroatoms. The molecule has 1 heterocycles. The van der Waals surface area contributed by atoms with Crippen molar-refractivity contribution in [3.8, 4) is 0 Å². The van der Waals surface area contributed by atoms with Crippen molar-refractivity contribution in [3.05, 3.63) is 89.0 Å². The molecule has 1 aliphatic heterocycles. The van der Waals surface area contributed by atoms with Crippen LogP contribution in [0.4, 0.5) is 10.5 Å². The highest BCUT2D eigenvalue weighted by molar-refractivity contribution is 7.92. The van der Waals surface area contributed by atoms with Gasteiger partial charge < -0.3 is 4.90 Å². The molecule has 35 heavy (non-hydrogen) atoms. The average molecular weight is 514 g/mol. The lowest BCUT2D eigenvalue weighted by Crippen LogP contribution is -2.43. The Kier molecular flexibility index (Phi) is 6.86. The number of amides is 2. The molecule has 0 saturated heterocycles. The smallest absolute Gasteiger partial charge is 0.323 e. The molecule has 3 aromatic rings. The van der Waals surface area contributed by atoms with Crippen LogP contribution in [0.3, 0.4) is 0 Å². The molecule has 0 saturated carbocycles. The maximum atomic E-state index is 12.7. The molecule has 184 valence electrons. The van der Waals surface area contributed by atoms with E-state index < -0.39 is 26.1 Å². The number of anilines is 1. The van der Waals surface area contributed by atoms with Crippen molar-refractivity contribution in [3.63, 3.8) is 0 Å². The monoisotopic (exact) mass is 513 g/mol. The van der Waals surface area contributed by atoms with Crippen LogP contribution in [0.2, 0.25) is 0 Å². The highest BCUT2D eigenvalue weighted by atomic mass is 32.2. The molecule has 0 spiro atoms. The molecule has 0 bridgehead atoms. The molecule has 0 atom stereocenters. The maximum absolute atomic E-state index is 12.7. The SMILES string of the molecule is Cc1ccc(S(=O)(=O)NC(=O)N2CCc3ccc(NS(=O)(=O)c4ccc(C)cc4)cc3CC2)cc1. The molecule has 8 nitrogen and oxygen atoms in total. The van der Waals surface area contributed by atoms with Gasteiger partial charge in [-0.1, -0.05) is 41.5 Å². The summed E-state index contributed by atoms with van der Waals surface area (Å²) in [6.07, 6.45) is 0.992. The van der Waals surface area contributed by atoms with Gasteiger partial charge in [0.25, 0.3) is 20.0 Å². The molecule has 0 aromatic heterocycles. The third-order valence-electron chi connectivity index (χ3n) is 5.93. The Morgan fingerprint density at radius 2 is 1.23 bits per heavy atom. The lowest BCUT2D eigenvalue weighted by molar-refractivity contribution is 0.206.